The first-order valence-corrected chi connectivity index (χ1v) is 12.3. The molecule has 1 aromatic heterocycles. The number of aromatic nitrogens is 1. The molecule has 2 heterocycles. The Labute approximate surface area is 209 Å². The zero-order chi connectivity index (χ0) is 25.6. The van der Waals surface area contributed by atoms with Crippen LogP contribution >= 0.6 is 0 Å². The first-order chi connectivity index (χ1) is 16.4. The van der Waals surface area contributed by atoms with Crippen molar-refractivity contribution in [1.29, 1.82) is 0 Å². The number of benzene rings is 1. The number of hydrogen-bond donors (Lipinski definition) is 0. The molecule has 0 N–H and O–H groups in total. The van der Waals surface area contributed by atoms with E-state index in [2.05, 4.69) is 10.1 Å². The van der Waals surface area contributed by atoms with Crippen molar-refractivity contribution in [3.05, 3.63) is 48.2 Å². The molecule has 1 aliphatic rings. The van der Waals surface area contributed by atoms with Crippen LogP contribution in [0.4, 0.5) is 4.79 Å². The Bertz CT molecular complexity index is 994. The molecule has 7 nitrogen and oxygen atoms in total. The number of ether oxygens (including phenoxy) is 2. The summed E-state index contributed by atoms with van der Waals surface area (Å²) in [7, 11) is 0. The first-order valence-electron chi connectivity index (χ1n) is 12.3. The van der Waals surface area contributed by atoms with E-state index in [1.165, 1.54) is 0 Å². The Kier molecular flexibility index (Phi) is 8.41. The fraction of sp³-hybridized carbons (Fsp3) is 0.536. The van der Waals surface area contributed by atoms with E-state index >= 15 is 0 Å². The van der Waals surface area contributed by atoms with Crippen molar-refractivity contribution in [2.75, 3.05) is 19.7 Å². The average Bonchev–Trinajstić information content (AvgIpc) is 2.80. The van der Waals surface area contributed by atoms with Crippen LogP contribution in [0.3, 0.4) is 0 Å². The molecule has 2 aromatic rings. The van der Waals surface area contributed by atoms with Crippen molar-refractivity contribution in [3.63, 3.8) is 0 Å². The topological polar surface area (TPSA) is 73.2 Å². The summed E-state index contributed by atoms with van der Waals surface area (Å²) < 4.78 is 11.5. The standard InChI is InChI=1S/C28H39N3O4/c1-20(30-35-28(5,6)7)22-8-10-23(11-9-22)25-13-12-24(18-29-25)33-19-21-14-16-31(17-15-21)26(32)34-27(2,3)4/h8-13,18,21H,14-17,19H2,1-7H3/b30-20+. The zero-order valence-electron chi connectivity index (χ0n) is 22.1. The summed E-state index contributed by atoms with van der Waals surface area (Å²) in [6.07, 6.45) is 3.34. The fourth-order valence-electron chi connectivity index (χ4n) is 3.60. The molecule has 0 atom stereocenters. The van der Waals surface area contributed by atoms with Crippen LogP contribution < -0.4 is 4.74 Å². The number of carbonyl (C=O) groups excluding carboxylic acids is 1. The molecule has 1 amide bonds. The smallest absolute Gasteiger partial charge is 0.410 e. The van der Waals surface area contributed by atoms with Crippen LogP contribution in [-0.4, -0.2) is 52.6 Å². The highest BCUT2D eigenvalue weighted by atomic mass is 16.6. The quantitative estimate of drug-likeness (QED) is 0.357. The highest BCUT2D eigenvalue weighted by molar-refractivity contribution is 5.98. The number of hydrogen-bond acceptors (Lipinski definition) is 6. The third-order valence-electron chi connectivity index (χ3n) is 5.54. The molecule has 0 unspecified atom stereocenters. The molecule has 1 saturated heterocycles. The van der Waals surface area contributed by atoms with E-state index in [0.29, 0.717) is 25.6 Å². The lowest BCUT2D eigenvalue weighted by Crippen LogP contribution is -2.42. The molecule has 3 rings (SSSR count). The Hall–Kier alpha value is -3.09. The minimum absolute atomic E-state index is 0.231. The van der Waals surface area contributed by atoms with Crippen molar-refractivity contribution in [3.8, 4) is 17.0 Å². The monoisotopic (exact) mass is 481 g/mol. The zero-order valence-corrected chi connectivity index (χ0v) is 22.1. The number of amides is 1. The molecule has 1 fully saturated rings. The maximum absolute atomic E-state index is 12.2. The summed E-state index contributed by atoms with van der Waals surface area (Å²) in [5, 5.41) is 4.22. The third-order valence-corrected chi connectivity index (χ3v) is 5.54. The second-order valence-corrected chi connectivity index (χ2v) is 11.1. The Morgan fingerprint density at radius 3 is 2.20 bits per heavy atom. The Morgan fingerprint density at radius 1 is 1.00 bits per heavy atom. The van der Waals surface area contributed by atoms with E-state index in [4.69, 9.17) is 14.3 Å². The van der Waals surface area contributed by atoms with Crippen LogP contribution in [0.5, 0.6) is 5.75 Å². The summed E-state index contributed by atoms with van der Waals surface area (Å²) >= 11 is 0. The van der Waals surface area contributed by atoms with E-state index < -0.39 is 5.60 Å². The Morgan fingerprint density at radius 2 is 1.66 bits per heavy atom. The molecule has 1 aliphatic heterocycles. The number of piperidine rings is 1. The van der Waals surface area contributed by atoms with Gasteiger partial charge in [0.05, 0.1) is 24.2 Å². The second kappa shape index (κ2) is 11.1. The number of oxime groups is 1. The van der Waals surface area contributed by atoms with Crippen LogP contribution in [0, 0.1) is 5.92 Å². The van der Waals surface area contributed by atoms with E-state index in [-0.39, 0.29) is 11.7 Å². The second-order valence-electron chi connectivity index (χ2n) is 11.1. The van der Waals surface area contributed by atoms with Crippen LogP contribution in [0.15, 0.2) is 47.8 Å². The third kappa shape index (κ3) is 8.57. The normalized spacial score (nSPS) is 15.6. The van der Waals surface area contributed by atoms with Gasteiger partial charge in [0.25, 0.3) is 0 Å². The van der Waals surface area contributed by atoms with Crippen molar-refractivity contribution in [1.82, 2.24) is 9.88 Å². The highest BCUT2D eigenvalue weighted by Crippen LogP contribution is 2.23. The Balaban J connectivity index is 1.48. The van der Waals surface area contributed by atoms with Crippen LogP contribution in [-0.2, 0) is 9.57 Å². The predicted molar refractivity (Wildman–Crippen MR) is 139 cm³/mol. The van der Waals surface area contributed by atoms with Gasteiger partial charge in [0.15, 0.2) is 0 Å². The fourth-order valence-corrected chi connectivity index (χ4v) is 3.60. The van der Waals surface area contributed by atoms with Gasteiger partial charge < -0.3 is 19.2 Å². The summed E-state index contributed by atoms with van der Waals surface area (Å²) in [5.41, 5.74) is 2.98. The number of nitrogens with zero attached hydrogens (tertiary/aromatic N) is 3. The molecule has 1 aromatic carbocycles. The van der Waals surface area contributed by atoms with Gasteiger partial charge in [-0.2, -0.15) is 0 Å². The molecule has 0 saturated carbocycles. The maximum atomic E-state index is 12.2. The van der Waals surface area contributed by atoms with Crippen LogP contribution in [0.1, 0.15) is 66.9 Å². The summed E-state index contributed by atoms with van der Waals surface area (Å²) in [6, 6.07) is 12.0. The lowest BCUT2D eigenvalue weighted by atomic mass is 9.98. The molecule has 0 bridgehead atoms. The van der Waals surface area contributed by atoms with Gasteiger partial charge in [-0.3, -0.25) is 4.98 Å². The highest BCUT2D eigenvalue weighted by Gasteiger charge is 2.27. The number of rotatable bonds is 6. The van der Waals surface area contributed by atoms with E-state index in [1.807, 2.05) is 84.9 Å². The van der Waals surface area contributed by atoms with Gasteiger partial charge in [-0.15, -0.1) is 0 Å². The molecule has 35 heavy (non-hydrogen) atoms. The molecule has 7 heteroatoms. The number of carbonyl (C=O) groups is 1. The van der Waals surface area contributed by atoms with Crippen LogP contribution in [0.25, 0.3) is 11.3 Å². The van der Waals surface area contributed by atoms with Crippen LogP contribution in [0.2, 0.25) is 0 Å². The van der Waals surface area contributed by atoms with Crippen molar-refractivity contribution in [2.24, 2.45) is 11.1 Å². The van der Waals surface area contributed by atoms with Gasteiger partial charge in [-0.05, 0) is 84.9 Å². The molecular formula is C28H39N3O4. The van der Waals surface area contributed by atoms with Crippen molar-refractivity contribution < 1.29 is 19.1 Å². The summed E-state index contributed by atoms with van der Waals surface area (Å²) in [6.45, 7) is 15.5. The van der Waals surface area contributed by atoms with E-state index in [1.54, 1.807) is 11.1 Å². The minimum Gasteiger partial charge on any atom is -0.492 e. The molecule has 0 aliphatic carbocycles. The summed E-state index contributed by atoms with van der Waals surface area (Å²) in [4.78, 5) is 24.1. The lowest BCUT2D eigenvalue weighted by molar-refractivity contribution is 0.000937. The molecule has 0 spiro atoms. The largest absolute Gasteiger partial charge is 0.492 e. The van der Waals surface area contributed by atoms with Gasteiger partial charge >= 0.3 is 6.09 Å². The predicted octanol–water partition coefficient (Wildman–Crippen LogP) is 6.31. The van der Waals surface area contributed by atoms with Gasteiger partial charge in [0.2, 0.25) is 0 Å². The van der Waals surface area contributed by atoms with E-state index in [0.717, 1.165) is 41.1 Å². The van der Waals surface area contributed by atoms with Crippen molar-refractivity contribution >= 4 is 11.8 Å². The molecule has 190 valence electrons. The maximum Gasteiger partial charge on any atom is 0.410 e. The summed E-state index contributed by atoms with van der Waals surface area (Å²) in [5.74, 6) is 1.16. The average molecular weight is 482 g/mol. The molecule has 0 radical (unpaired) electrons. The first kappa shape index (κ1) is 26.5. The SMILES string of the molecule is C/C(=N\OC(C)(C)C)c1ccc(-c2ccc(OCC3CCN(C(=O)OC(C)(C)C)CC3)cn2)cc1. The van der Waals surface area contributed by atoms with Gasteiger partial charge in [-0.25, -0.2) is 4.79 Å². The van der Waals surface area contributed by atoms with Crippen molar-refractivity contribution in [2.45, 2.75) is 72.5 Å². The number of likely N-dealkylation sites (tertiary alicyclic amines) is 1. The molecular weight excluding hydrogens is 442 g/mol. The van der Waals surface area contributed by atoms with Gasteiger partial charge in [0, 0.05) is 18.7 Å². The number of pyridine rings is 1. The lowest BCUT2D eigenvalue weighted by Gasteiger charge is -2.33. The van der Waals surface area contributed by atoms with Gasteiger partial charge in [-0.1, -0.05) is 29.4 Å². The van der Waals surface area contributed by atoms with Gasteiger partial charge in [0.1, 0.15) is 17.0 Å². The minimum atomic E-state index is -0.466. The van der Waals surface area contributed by atoms with E-state index in [9.17, 15) is 4.79 Å².